The highest BCUT2D eigenvalue weighted by Gasteiger charge is 2.07. The number of benzene rings is 2. The summed E-state index contributed by atoms with van der Waals surface area (Å²) in [5.41, 5.74) is 2.13. The van der Waals surface area contributed by atoms with Crippen LogP contribution in [0.5, 0.6) is 11.5 Å². The van der Waals surface area contributed by atoms with E-state index in [1.165, 1.54) is 5.56 Å². The van der Waals surface area contributed by atoms with Gasteiger partial charge < -0.3 is 19.7 Å². The van der Waals surface area contributed by atoms with Crippen molar-refractivity contribution in [3.8, 4) is 11.5 Å². The minimum atomic E-state index is 0.415. The van der Waals surface area contributed by atoms with Crippen molar-refractivity contribution in [2.45, 2.75) is 19.6 Å². The Morgan fingerprint density at radius 1 is 1.08 bits per heavy atom. The third kappa shape index (κ3) is 6.58. The van der Waals surface area contributed by atoms with Crippen LogP contribution in [0.4, 0.5) is 0 Å². The quantitative estimate of drug-likeness (QED) is 0.648. The maximum atomic E-state index is 6.17. The second-order valence-electron chi connectivity index (χ2n) is 6.20. The first kappa shape index (κ1) is 19.6. The first-order chi connectivity index (χ1) is 12.1. The molecule has 0 bridgehead atoms. The summed E-state index contributed by atoms with van der Waals surface area (Å²) in [5.74, 6) is 1.46. The Balaban J connectivity index is 1.89. The molecule has 0 heterocycles. The van der Waals surface area contributed by atoms with Gasteiger partial charge in [0, 0.05) is 17.1 Å². The zero-order valence-corrected chi connectivity index (χ0v) is 16.0. The Morgan fingerprint density at radius 2 is 1.88 bits per heavy atom. The number of nitrogens with zero attached hydrogens (tertiary/aromatic N) is 1. The molecule has 0 aliphatic rings. The van der Waals surface area contributed by atoms with E-state index in [9.17, 15) is 0 Å². The van der Waals surface area contributed by atoms with Crippen LogP contribution in [-0.2, 0) is 13.2 Å². The highest BCUT2D eigenvalue weighted by Crippen LogP contribution is 2.29. The molecule has 0 fully saturated rings. The van der Waals surface area contributed by atoms with E-state index in [4.69, 9.17) is 21.1 Å². The molecule has 0 aromatic heterocycles. The number of rotatable bonds is 10. The van der Waals surface area contributed by atoms with Gasteiger partial charge in [0.05, 0.1) is 7.11 Å². The zero-order chi connectivity index (χ0) is 18.1. The molecule has 0 spiro atoms. The lowest BCUT2D eigenvalue weighted by Gasteiger charge is -2.14. The van der Waals surface area contributed by atoms with Gasteiger partial charge in [0.25, 0.3) is 0 Å². The summed E-state index contributed by atoms with van der Waals surface area (Å²) in [4.78, 5) is 2.19. The van der Waals surface area contributed by atoms with E-state index >= 15 is 0 Å². The molecule has 0 atom stereocenters. The van der Waals surface area contributed by atoms with E-state index in [1.807, 2.05) is 36.4 Å². The lowest BCUT2D eigenvalue weighted by Crippen LogP contribution is -2.21. The van der Waals surface area contributed by atoms with Gasteiger partial charge >= 0.3 is 0 Å². The smallest absolute Gasteiger partial charge is 0.161 e. The molecule has 0 unspecified atom stereocenters. The van der Waals surface area contributed by atoms with E-state index in [2.05, 4.69) is 30.4 Å². The molecule has 0 amide bonds. The molecular formula is C20H27ClN2O2. The monoisotopic (exact) mass is 362 g/mol. The highest BCUT2D eigenvalue weighted by atomic mass is 35.5. The zero-order valence-electron chi connectivity index (χ0n) is 15.2. The number of hydrogen-bond donors (Lipinski definition) is 1. The normalized spacial score (nSPS) is 10.9. The second kappa shape index (κ2) is 10.3. The van der Waals surface area contributed by atoms with Gasteiger partial charge in [-0.25, -0.2) is 0 Å². The van der Waals surface area contributed by atoms with Crippen molar-refractivity contribution >= 4 is 11.6 Å². The van der Waals surface area contributed by atoms with Crippen molar-refractivity contribution in [2.75, 3.05) is 34.3 Å². The average molecular weight is 363 g/mol. The largest absolute Gasteiger partial charge is 0.493 e. The fraction of sp³-hybridized carbons (Fsp3) is 0.400. The topological polar surface area (TPSA) is 33.7 Å². The van der Waals surface area contributed by atoms with Crippen molar-refractivity contribution in [1.82, 2.24) is 10.2 Å². The molecule has 0 radical (unpaired) electrons. The maximum Gasteiger partial charge on any atom is 0.161 e. The summed E-state index contributed by atoms with van der Waals surface area (Å²) >= 11 is 6.17. The fourth-order valence-electron chi connectivity index (χ4n) is 2.47. The van der Waals surface area contributed by atoms with Crippen LogP contribution in [0, 0.1) is 0 Å². The molecule has 2 aromatic carbocycles. The first-order valence-electron chi connectivity index (χ1n) is 8.48. The van der Waals surface area contributed by atoms with Crippen LogP contribution in [-0.4, -0.2) is 39.2 Å². The summed E-state index contributed by atoms with van der Waals surface area (Å²) in [6, 6.07) is 13.7. The minimum Gasteiger partial charge on any atom is -0.493 e. The van der Waals surface area contributed by atoms with E-state index in [0.29, 0.717) is 11.6 Å². The van der Waals surface area contributed by atoms with Gasteiger partial charge in [-0.15, -0.1) is 0 Å². The van der Waals surface area contributed by atoms with Gasteiger partial charge in [0.2, 0.25) is 0 Å². The Morgan fingerprint density at radius 3 is 2.60 bits per heavy atom. The SMILES string of the molecule is COc1cc(CNCCCN(C)C)ccc1OCc1ccccc1Cl. The van der Waals surface area contributed by atoms with Crippen molar-refractivity contribution in [3.63, 3.8) is 0 Å². The molecule has 0 aliphatic carbocycles. The number of methoxy groups -OCH3 is 1. The first-order valence-corrected chi connectivity index (χ1v) is 8.86. The Kier molecular flexibility index (Phi) is 8.06. The Hall–Kier alpha value is -1.75. The van der Waals surface area contributed by atoms with Gasteiger partial charge in [-0.05, 0) is 57.4 Å². The predicted molar refractivity (Wildman–Crippen MR) is 104 cm³/mol. The van der Waals surface area contributed by atoms with E-state index in [0.717, 1.165) is 43.1 Å². The van der Waals surface area contributed by atoms with Gasteiger partial charge in [0.1, 0.15) is 6.61 Å². The van der Waals surface area contributed by atoms with Crippen molar-refractivity contribution in [3.05, 3.63) is 58.6 Å². The molecule has 25 heavy (non-hydrogen) atoms. The van der Waals surface area contributed by atoms with Crippen LogP contribution in [0.1, 0.15) is 17.5 Å². The van der Waals surface area contributed by atoms with Crippen LogP contribution in [0.2, 0.25) is 5.02 Å². The summed E-state index contributed by atoms with van der Waals surface area (Å²) in [6.45, 7) is 3.31. The lowest BCUT2D eigenvalue weighted by molar-refractivity contribution is 0.284. The molecule has 1 N–H and O–H groups in total. The number of ether oxygens (including phenoxy) is 2. The summed E-state index contributed by atoms with van der Waals surface area (Å²) < 4.78 is 11.4. The highest BCUT2D eigenvalue weighted by molar-refractivity contribution is 6.31. The molecule has 4 nitrogen and oxygen atoms in total. The van der Waals surface area contributed by atoms with Gasteiger partial charge in [-0.2, -0.15) is 0 Å². The minimum absolute atomic E-state index is 0.415. The molecule has 0 saturated heterocycles. The molecule has 5 heteroatoms. The van der Waals surface area contributed by atoms with E-state index in [-0.39, 0.29) is 0 Å². The second-order valence-corrected chi connectivity index (χ2v) is 6.61. The number of halogens is 1. The Bertz CT molecular complexity index is 662. The molecular weight excluding hydrogens is 336 g/mol. The molecule has 136 valence electrons. The summed E-state index contributed by atoms with van der Waals surface area (Å²) in [6.07, 6.45) is 1.13. The van der Waals surface area contributed by atoms with E-state index < -0.39 is 0 Å². The van der Waals surface area contributed by atoms with Crippen LogP contribution in [0.3, 0.4) is 0 Å². The molecule has 0 aliphatic heterocycles. The number of hydrogen-bond acceptors (Lipinski definition) is 4. The molecule has 2 rings (SSSR count). The summed E-state index contributed by atoms with van der Waals surface area (Å²) in [5, 5.41) is 4.16. The van der Waals surface area contributed by atoms with Crippen LogP contribution < -0.4 is 14.8 Å². The van der Waals surface area contributed by atoms with Crippen molar-refractivity contribution < 1.29 is 9.47 Å². The maximum absolute atomic E-state index is 6.17. The van der Waals surface area contributed by atoms with Crippen molar-refractivity contribution in [1.29, 1.82) is 0 Å². The fourth-order valence-corrected chi connectivity index (χ4v) is 2.66. The van der Waals surface area contributed by atoms with Gasteiger partial charge in [0.15, 0.2) is 11.5 Å². The third-order valence-corrected chi connectivity index (χ3v) is 4.23. The van der Waals surface area contributed by atoms with Crippen LogP contribution in [0.15, 0.2) is 42.5 Å². The van der Waals surface area contributed by atoms with Crippen LogP contribution >= 0.6 is 11.6 Å². The molecule has 2 aromatic rings. The van der Waals surface area contributed by atoms with Crippen molar-refractivity contribution in [2.24, 2.45) is 0 Å². The van der Waals surface area contributed by atoms with Gasteiger partial charge in [-0.1, -0.05) is 35.9 Å². The number of nitrogens with one attached hydrogen (secondary N) is 1. The standard InChI is InChI=1S/C20H27ClN2O2/c1-23(2)12-6-11-22-14-16-9-10-19(20(13-16)24-3)25-15-17-7-4-5-8-18(17)21/h4-5,7-10,13,22H,6,11-12,14-15H2,1-3H3. The lowest BCUT2D eigenvalue weighted by atomic mass is 10.2. The Labute approximate surface area is 155 Å². The molecule has 0 saturated carbocycles. The summed E-state index contributed by atoms with van der Waals surface area (Å²) in [7, 11) is 5.84. The average Bonchev–Trinajstić information content (AvgIpc) is 2.61. The van der Waals surface area contributed by atoms with Crippen LogP contribution in [0.25, 0.3) is 0 Å². The van der Waals surface area contributed by atoms with Gasteiger partial charge in [-0.3, -0.25) is 0 Å². The third-order valence-electron chi connectivity index (χ3n) is 3.86. The van der Waals surface area contributed by atoms with E-state index in [1.54, 1.807) is 7.11 Å². The predicted octanol–water partition coefficient (Wildman–Crippen LogP) is 3.97.